The van der Waals surface area contributed by atoms with Gasteiger partial charge in [0.2, 0.25) is 5.91 Å². The van der Waals surface area contributed by atoms with E-state index in [0.29, 0.717) is 9.35 Å². The zero-order valence-electron chi connectivity index (χ0n) is 15.1. The topological polar surface area (TPSA) is 75.3 Å². The Morgan fingerprint density at radius 3 is 2.31 bits per heavy atom. The summed E-state index contributed by atoms with van der Waals surface area (Å²) in [6, 6.07) is 17.0. The molecule has 1 heterocycles. The second-order valence-corrected chi connectivity index (χ2v) is 10.7. The Labute approximate surface area is 181 Å². The molecule has 0 bridgehead atoms. The molecule has 29 heavy (non-hydrogen) atoms. The lowest BCUT2D eigenvalue weighted by Crippen LogP contribution is -2.47. The van der Waals surface area contributed by atoms with Gasteiger partial charge in [0, 0.05) is 6.54 Å². The maximum Gasteiger partial charge on any atom is 0.250 e. The predicted octanol–water partition coefficient (Wildman–Crippen LogP) is 3.86. The van der Waals surface area contributed by atoms with Crippen molar-refractivity contribution in [1.82, 2.24) is 10.0 Å². The molecule has 9 heteroatoms. The van der Waals surface area contributed by atoms with Crippen LogP contribution in [0.25, 0.3) is 0 Å². The van der Waals surface area contributed by atoms with E-state index in [2.05, 4.69) is 26.0 Å². The van der Waals surface area contributed by atoms with Crippen molar-refractivity contribution in [2.24, 2.45) is 0 Å². The summed E-state index contributed by atoms with van der Waals surface area (Å²) in [7, 11) is -3.86. The van der Waals surface area contributed by atoms with Gasteiger partial charge in [-0.25, -0.2) is 12.8 Å². The van der Waals surface area contributed by atoms with Gasteiger partial charge in [0.1, 0.15) is 16.1 Å². The van der Waals surface area contributed by atoms with E-state index in [9.17, 15) is 17.6 Å². The molecule has 0 radical (unpaired) electrons. The number of rotatable bonds is 8. The first-order valence-corrected chi connectivity index (χ1v) is 11.8. The fourth-order valence-electron chi connectivity index (χ4n) is 2.64. The standard InChI is InChI=1S/C20H18BrFN2O3S2/c21-18-10-11-19(28-18)29(26,27)24-17(12-14-4-2-1-3-5-14)20(25)23-13-15-6-8-16(22)9-7-15/h1-11,17,24H,12-13H2,(H,23,25). The van der Waals surface area contributed by atoms with E-state index in [-0.39, 0.29) is 23.0 Å². The molecule has 0 saturated heterocycles. The summed E-state index contributed by atoms with van der Waals surface area (Å²) in [4.78, 5) is 12.8. The van der Waals surface area contributed by atoms with E-state index < -0.39 is 22.0 Å². The molecule has 2 N–H and O–H groups in total. The second-order valence-electron chi connectivity index (χ2n) is 6.27. The number of sulfonamides is 1. The Hall–Kier alpha value is -2.07. The van der Waals surface area contributed by atoms with Crippen LogP contribution in [-0.2, 0) is 27.8 Å². The van der Waals surface area contributed by atoms with Crippen LogP contribution in [0, 0.1) is 5.82 Å². The number of carbonyl (C=O) groups excluding carboxylic acids is 1. The van der Waals surface area contributed by atoms with Gasteiger partial charge >= 0.3 is 0 Å². The Kier molecular flexibility index (Phi) is 7.18. The fourth-order valence-corrected chi connectivity index (χ4v) is 5.86. The van der Waals surface area contributed by atoms with E-state index in [1.807, 2.05) is 30.3 Å². The number of hydrogen-bond donors (Lipinski definition) is 2. The van der Waals surface area contributed by atoms with Crippen molar-refractivity contribution >= 4 is 43.2 Å². The predicted molar refractivity (Wildman–Crippen MR) is 115 cm³/mol. The first-order chi connectivity index (χ1) is 13.8. The smallest absolute Gasteiger partial charge is 0.250 e. The number of thiophene rings is 1. The third-order valence-electron chi connectivity index (χ3n) is 4.09. The first kappa shape index (κ1) is 21.6. The van der Waals surface area contributed by atoms with Gasteiger partial charge in [-0.05, 0) is 57.7 Å². The van der Waals surface area contributed by atoms with Gasteiger partial charge < -0.3 is 5.32 Å². The van der Waals surface area contributed by atoms with Crippen LogP contribution in [0.15, 0.2) is 74.7 Å². The van der Waals surface area contributed by atoms with Crippen LogP contribution in [-0.4, -0.2) is 20.4 Å². The average molecular weight is 497 g/mol. The minimum absolute atomic E-state index is 0.119. The van der Waals surface area contributed by atoms with Gasteiger partial charge in [0.25, 0.3) is 10.0 Å². The summed E-state index contributed by atoms with van der Waals surface area (Å²) >= 11 is 4.31. The molecule has 0 spiro atoms. The SMILES string of the molecule is O=C(NCc1ccc(F)cc1)C(Cc1ccccc1)NS(=O)(=O)c1ccc(Br)s1. The Morgan fingerprint density at radius 2 is 1.69 bits per heavy atom. The van der Waals surface area contributed by atoms with Crippen LogP contribution < -0.4 is 10.0 Å². The highest BCUT2D eigenvalue weighted by molar-refractivity contribution is 9.11. The van der Waals surface area contributed by atoms with Crippen molar-refractivity contribution in [2.45, 2.75) is 23.2 Å². The highest BCUT2D eigenvalue weighted by Gasteiger charge is 2.27. The number of amides is 1. The Bertz CT molecular complexity index is 1070. The van der Waals surface area contributed by atoms with E-state index in [1.54, 1.807) is 18.2 Å². The fraction of sp³-hybridized carbons (Fsp3) is 0.150. The molecule has 0 aliphatic carbocycles. The Morgan fingerprint density at radius 1 is 1.00 bits per heavy atom. The van der Waals surface area contributed by atoms with Crippen LogP contribution in [0.3, 0.4) is 0 Å². The molecule has 1 unspecified atom stereocenters. The largest absolute Gasteiger partial charge is 0.351 e. The third kappa shape index (κ3) is 6.20. The van der Waals surface area contributed by atoms with Crippen molar-refractivity contribution in [1.29, 1.82) is 0 Å². The number of halogens is 2. The molecule has 3 aromatic rings. The van der Waals surface area contributed by atoms with E-state index in [0.717, 1.165) is 16.9 Å². The van der Waals surface area contributed by atoms with Gasteiger partial charge in [0.15, 0.2) is 0 Å². The van der Waals surface area contributed by atoms with Crippen molar-refractivity contribution in [3.8, 4) is 0 Å². The molecule has 2 aromatic carbocycles. The monoisotopic (exact) mass is 496 g/mol. The maximum atomic E-state index is 13.0. The van der Waals surface area contributed by atoms with Crippen molar-refractivity contribution in [3.05, 3.63) is 87.5 Å². The number of hydrogen-bond acceptors (Lipinski definition) is 4. The zero-order valence-corrected chi connectivity index (χ0v) is 18.4. The molecule has 0 fully saturated rings. The van der Waals surface area contributed by atoms with Crippen LogP contribution >= 0.6 is 27.3 Å². The van der Waals surface area contributed by atoms with Crippen LogP contribution in [0.1, 0.15) is 11.1 Å². The normalized spacial score (nSPS) is 12.5. The van der Waals surface area contributed by atoms with E-state index in [1.165, 1.54) is 18.2 Å². The molecule has 0 aliphatic heterocycles. The number of benzene rings is 2. The zero-order chi connectivity index (χ0) is 20.9. The second kappa shape index (κ2) is 9.62. The molecule has 1 atom stereocenters. The maximum absolute atomic E-state index is 13.0. The summed E-state index contributed by atoms with van der Waals surface area (Å²) < 4.78 is 41.8. The molecular weight excluding hydrogens is 479 g/mol. The summed E-state index contributed by atoms with van der Waals surface area (Å²) in [5, 5.41) is 2.72. The summed E-state index contributed by atoms with van der Waals surface area (Å²) in [5.41, 5.74) is 1.53. The lowest BCUT2D eigenvalue weighted by molar-refractivity contribution is -0.122. The molecular formula is C20H18BrFN2O3S2. The van der Waals surface area contributed by atoms with Gasteiger partial charge in [-0.15, -0.1) is 11.3 Å². The molecule has 152 valence electrons. The summed E-state index contributed by atoms with van der Waals surface area (Å²) in [6.45, 7) is 0.163. The first-order valence-electron chi connectivity index (χ1n) is 8.67. The average Bonchev–Trinajstić information content (AvgIpc) is 3.15. The lowest BCUT2D eigenvalue weighted by Gasteiger charge is -2.18. The third-order valence-corrected chi connectivity index (χ3v) is 7.68. The van der Waals surface area contributed by atoms with Crippen molar-refractivity contribution < 1.29 is 17.6 Å². The number of carbonyl (C=O) groups is 1. The van der Waals surface area contributed by atoms with Crippen LogP contribution in [0.4, 0.5) is 4.39 Å². The van der Waals surface area contributed by atoms with Crippen LogP contribution in [0.2, 0.25) is 0 Å². The molecule has 1 amide bonds. The van der Waals surface area contributed by atoms with Gasteiger partial charge in [-0.1, -0.05) is 42.5 Å². The summed E-state index contributed by atoms with van der Waals surface area (Å²) in [6.07, 6.45) is 0.196. The highest BCUT2D eigenvalue weighted by atomic mass is 79.9. The lowest BCUT2D eigenvalue weighted by atomic mass is 10.1. The molecule has 3 rings (SSSR count). The minimum Gasteiger partial charge on any atom is -0.351 e. The molecule has 1 aromatic heterocycles. The number of nitrogens with one attached hydrogen (secondary N) is 2. The van der Waals surface area contributed by atoms with Gasteiger partial charge in [-0.2, -0.15) is 4.72 Å². The quantitative estimate of drug-likeness (QED) is 0.497. The molecule has 5 nitrogen and oxygen atoms in total. The van der Waals surface area contributed by atoms with E-state index in [4.69, 9.17) is 0 Å². The van der Waals surface area contributed by atoms with Gasteiger partial charge in [-0.3, -0.25) is 4.79 Å². The van der Waals surface area contributed by atoms with Crippen molar-refractivity contribution in [2.75, 3.05) is 0 Å². The minimum atomic E-state index is -3.86. The van der Waals surface area contributed by atoms with Gasteiger partial charge in [0.05, 0.1) is 3.79 Å². The molecule has 0 aliphatic rings. The Balaban J connectivity index is 1.76. The van der Waals surface area contributed by atoms with Crippen LogP contribution in [0.5, 0.6) is 0 Å². The molecule has 0 saturated carbocycles. The summed E-state index contributed by atoms with van der Waals surface area (Å²) in [5.74, 6) is -0.825. The van der Waals surface area contributed by atoms with E-state index >= 15 is 0 Å². The highest BCUT2D eigenvalue weighted by Crippen LogP contribution is 2.26. The van der Waals surface area contributed by atoms with Crippen molar-refractivity contribution in [3.63, 3.8) is 0 Å².